The summed E-state index contributed by atoms with van der Waals surface area (Å²) in [4.78, 5) is 6.99. The van der Waals surface area contributed by atoms with Crippen LogP contribution in [0.2, 0.25) is 0 Å². The lowest BCUT2D eigenvalue weighted by Crippen LogP contribution is -2.35. The minimum absolute atomic E-state index is 0.131. The zero-order valence-corrected chi connectivity index (χ0v) is 12.6. The van der Waals surface area contributed by atoms with Crippen LogP contribution in [0.25, 0.3) is 0 Å². The van der Waals surface area contributed by atoms with Gasteiger partial charge in [-0.05, 0) is 53.8 Å². The molecule has 0 aromatic carbocycles. The molecule has 0 bridgehead atoms. The second-order valence-corrected chi connectivity index (χ2v) is 6.23. The minimum Gasteiger partial charge on any atom is -0.306 e. The number of hydrogen-bond acceptors (Lipinski definition) is 3. The SMILES string of the molecule is CC(C)N(C)Cc1cccc(CNC(C)(C)C)n1. The van der Waals surface area contributed by atoms with Crippen molar-refractivity contribution in [2.45, 2.75) is 59.3 Å². The van der Waals surface area contributed by atoms with E-state index in [1.807, 2.05) is 0 Å². The van der Waals surface area contributed by atoms with Crippen molar-refractivity contribution in [2.24, 2.45) is 0 Å². The first-order chi connectivity index (χ1) is 8.28. The average molecular weight is 249 g/mol. The van der Waals surface area contributed by atoms with Crippen LogP contribution in [0.5, 0.6) is 0 Å². The lowest BCUT2D eigenvalue weighted by molar-refractivity contribution is 0.262. The molecule has 3 nitrogen and oxygen atoms in total. The van der Waals surface area contributed by atoms with Gasteiger partial charge in [0, 0.05) is 24.7 Å². The van der Waals surface area contributed by atoms with Crippen molar-refractivity contribution in [1.82, 2.24) is 15.2 Å². The summed E-state index contributed by atoms with van der Waals surface area (Å²) in [5.74, 6) is 0. The molecule has 1 rings (SSSR count). The van der Waals surface area contributed by atoms with Crippen molar-refractivity contribution >= 4 is 0 Å². The van der Waals surface area contributed by atoms with Gasteiger partial charge in [0.2, 0.25) is 0 Å². The number of hydrogen-bond donors (Lipinski definition) is 1. The maximum atomic E-state index is 4.69. The molecule has 1 N–H and O–H groups in total. The van der Waals surface area contributed by atoms with Crippen molar-refractivity contribution in [3.8, 4) is 0 Å². The summed E-state index contributed by atoms with van der Waals surface area (Å²) < 4.78 is 0. The van der Waals surface area contributed by atoms with Gasteiger partial charge >= 0.3 is 0 Å². The van der Waals surface area contributed by atoms with E-state index in [1.165, 1.54) is 0 Å². The molecular weight excluding hydrogens is 222 g/mol. The van der Waals surface area contributed by atoms with E-state index in [4.69, 9.17) is 4.98 Å². The van der Waals surface area contributed by atoms with Gasteiger partial charge in [0.1, 0.15) is 0 Å². The Morgan fingerprint density at radius 3 is 2.39 bits per heavy atom. The van der Waals surface area contributed by atoms with Crippen LogP contribution in [0.1, 0.15) is 46.0 Å². The molecule has 3 heteroatoms. The molecule has 0 atom stereocenters. The normalized spacial score (nSPS) is 12.4. The predicted octanol–water partition coefficient (Wildman–Crippen LogP) is 2.81. The highest BCUT2D eigenvalue weighted by Gasteiger charge is 2.10. The van der Waals surface area contributed by atoms with Gasteiger partial charge in [-0.25, -0.2) is 0 Å². The maximum absolute atomic E-state index is 4.69. The van der Waals surface area contributed by atoms with E-state index in [9.17, 15) is 0 Å². The fraction of sp³-hybridized carbons (Fsp3) is 0.667. The Labute approximate surface area is 112 Å². The van der Waals surface area contributed by atoms with Crippen LogP contribution in [-0.2, 0) is 13.1 Å². The Morgan fingerprint density at radius 2 is 1.83 bits per heavy atom. The van der Waals surface area contributed by atoms with Crippen LogP contribution >= 0.6 is 0 Å². The Bertz CT molecular complexity index is 366. The van der Waals surface area contributed by atoms with Crippen molar-refractivity contribution in [2.75, 3.05) is 7.05 Å². The largest absolute Gasteiger partial charge is 0.306 e. The molecule has 0 radical (unpaired) electrons. The summed E-state index contributed by atoms with van der Waals surface area (Å²) in [7, 11) is 2.13. The van der Waals surface area contributed by atoms with Crippen LogP contribution in [0.15, 0.2) is 18.2 Å². The maximum Gasteiger partial charge on any atom is 0.0547 e. The zero-order chi connectivity index (χ0) is 13.8. The molecule has 1 aromatic rings. The van der Waals surface area contributed by atoms with Crippen molar-refractivity contribution in [3.63, 3.8) is 0 Å². The van der Waals surface area contributed by atoms with Crippen LogP contribution in [0.3, 0.4) is 0 Å². The van der Waals surface area contributed by atoms with Gasteiger partial charge in [-0.1, -0.05) is 6.07 Å². The third kappa shape index (κ3) is 5.61. The Kier molecular flexibility index (Phi) is 5.29. The van der Waals surface area contributed by atoms with Crippen LogP contribution in [0.4, 0.5) is 0 Å². The van der Waals surface area contributed by atoms with Gasteiger partial charge in [0.05, 0.1) is 11.4 Å². The van der Waals surface area contributed by atoms with Gasteiger partial charge in [-0.15, -0.1) is 0 Å². The average Bonchev–Trinajstić information content (AvgIpc) is 2.26. The van der Waals surface area contributed by atoms with Gasteiger partial charge in [-0.3, -0.25) is 9.88 Å². The van der Waals surface area contributed by atoms with E-state index in [0.717, 1.165) is 24.5 Å². The fourth-order valence-corrected chi connectivity index (χ4v) is 1.51. The predicted molar refractivity (Wildman–Crippen MR) is 77.4 cm³/mol. The first-order valence-electron chi connectivity index (χ1n) is 6.68. The standard InChI is InChI=1S/C15H27N3/c1-12(2)18(6)11-14-9-7-8-13(17-14)10-16-15(3,4)5/h7-9,12,16H,10-11H2,1-6H3. The first kappa shape index (κ1) is 15.1. The van der Waals surface area contributed by atoms with E-state index in [-0.39, 0.29) is 5.54 Å². The molecule has 0 fully saturated rings. The molecule has 0 saturated carbocycles. The smallest absolute Gasteiger partial charge is 0.0547 e. The number of rotatable bonds is 5. The highest BCUT2D eigenvalue weighted by atomic mass is 15.1. The summed E-state index contributed by atoms with van der Waals surface area (Å²) >= 11 is 0. The summed E-state index contributed by atoms with van der Waals surface area (Å²) in [6, 6.07) is 6.82. The Morgan fingerprint density at radius 1 is 1.22 bits per heavy atom. The molecule has 0 amide bonds. The highest BCUT2D eigenvalue weighted by molar-refractivity contribution is 5.11. The molecule has 1 heterocycles. The molecule has 0 saturated heterocycles. The van der Waals surface area contributed by atoms with Gasteiger partial charge in [-0.2, -0.15) is 0 Å². The van der Waals surface area contributed by atoms with Crippen LogP contribution in [-0.4, -0.2) is 28.5 Å². The van der Waals surface area contributed by atoms with Gasteiger partial charge in [0.25, 0.3) is 0 Å². The zero-order valence-electron chi connectivity index (χ0n) is 12.6. The molecule has 0 aliphatic heterocycles. The molecule has 0 aliphatic rings. The minimum atomic E-state index is 0.131. The third-order valence-corrected chi connectivity index (χ3v) is 2.96. The lowest BCUT2D eigenvalue weighted by atomic mass is 10.1. The quantitative estimate of drug-likeness (QED) is 0.870. The summed E-state index contributed by atoms with van der Waals surface area (Å²) in [5.41, 5.74) is 2.38. The van der Waals surface area contributed by atoms with E-state index in [0.29, 0.717) is 6.04 Å². The van der Waals surface area contributed by atoms with Crippen molar-refractivity contribution in [1.29, 1.82) is 0 Å². The Balaban J connectivity index is 2.62. The number of aromatic nitrogens is 1. The molecule has 1 aromatic heterocycles. The monoisotopic (exact) mass is 249 g/mol. The fourth-order valence-electron chi connectivity index (χ4n) is 1.51. The van der Waals surface area contributed by atoms with Gasteiger partial charge in [0.15, 0.2) is 0 Å². The molecule has 0 unspecified atom stereocenters. The van der Waals surface area contributed by atoms with Gasteiger partial charge < -0.3 is 5.32 Å². The van der Waals surface area contributed by atoms with Crippen LogP contribution in [0, 0.1) is 0 Å². The summed E-state index contributed by atoms with van der Waals surface area (Å²) in [5, 5.41) is 3.47. The van der Waals surface area contributed by atoms with Crippen molar-refractivity contribution in [3.05, 3.63) is 29.6 Å². The number of nitrogens with zero attached hydrogens (tertiary/aromatic N) is 2. The van der Waals surface area contributed by atoms with E-state index in [2.05, 4.69) is 70.1 Å². The molecule has 0 spiro atoms. The third-order valence-electron chi connectivity index (χ3n) is 2.96. The Hall–Kier alpha value is -0.930. The van der Waals surface area contributed by atoms with Crippen molar-refractivity contribution < 1.29 is 0 Å². The van der Waals surface area contributed by atoms with E-state index < -0.39 is 0 Å². The second kappa shape index (κ2) is 6.30. The number of pyridine rings is 1. The first-order valence-corrected chi connectivity index (χ1v) is 6.68. The van der Waals surface area contributed by atoms with E-state index >= 15 is 0 Å². The second-order valence-electron chi connectivity index (χ2n) is 6.23. The van der Waals surface area contributed by atoms with Crippen LogP contribution < -0.4 is 5.32 Å². The summed E-state index contributed by atoms with van der Waals surface area (Å²) in [6.45, 7) is 12.6. The molecule has 0 aliphatic carbocycles. The molecule has 18 heavy (non-hydrogen) atoms. The summed E-state index contributed by atoms with van der Waals surface area (Å²) in [6.07, 6.45) is 0. The van der Waals surface area contributed by atoms with E-state index in [1.54, 1.807) is 0 Å². The number of nitrogens with one attached hydrogen (secondary N) is 1. The molecular formula is C15H27N3. The molecule has 102 valence electrons. The lowest BCUT2D eigenvalue weighted by Gasteiger charge is -2.22. The topological polar surface area (TPSA) is 28.2 Å². The highest BCUT2D eigenvalue weighted by Crippen LogP contribution is 2.07.